The van der Waals surface area contributed by atoms with Gasteiger partial charge in [-0.2, -0.15) is 0 Å². The van der Waals surface area contributed by atoms with Crippen LogP contribution in [0.2, 0.25) is 0 Å². The van der Waals surface area contributed by atoms with Gasteiger partial charge in [-0.05, 0) is 129 Å². The van der Waals surface area contributed by atoms with E-state index in [1.165, 1.54) is 49.8 Å². The predicted octanol–water partition coefficient (Wildman–Crippen LogP) is 13.9. The summed E-state index contributed by atoms with van der Waals surface area (Å²) in [6, 6.07) is 37.6. The molecule has 0 fully saturated rings. The summed E-state index contributed by atoms with van der Waals surface area (Å²) in [4.78, 5) is 13.4. The number of pyridine rings is 1. The minimum absolute atomic E-state index is 0.0846. The number of amidine groups is 1. The summed E-state index contributed by atoms with van der Waals surface area (Å²) >= 11 is 0. The molecule has 5 aromatic carbocycles. The van der Waals surface area contributed by atoms with Gasteiger partial charge in [-0.3, -0.25) is 9.56 Å². The van der Waals surface area contributed by atoms with Crippen molar-refractivity contribution in [3.8, 4) is 28.4 Å². The summed E-state index contributed by atoms with van der Waals surface area (Å²) in [5, 5.41) is 2.47. The van der Waals surface area contributed by atoms with Crippen LogP contribution in [0.1, 0.15) is 94.3 Å². The Kier molecular flexibility index (Phi) is 9.19. The lowest BCUT2D eigenvalue weighted by Crippen LogP contribution is -2.53. The summed E-state index contributed by atoms with van der Waals surface area (Å²) in [5.74, 6) is 4.92. The molecule has 0 aliphatic carbocycles. The summed E-state index contributed by atoms with van der Waals surface area (Å²) in [7, 11) is 0. The monoisotopic (exact) mass is 778 g/mol. The second-order valence-electron chi connectivity index (χ2n) is 19.1. The van der Waals surface area contributed by atoms with Crippen LogP contribution in [0.5, 0.6) is 11.5 Å². The van der Waals surface area contributed by atoms with Crippen molar-refractivity contribution in [2.24, 2.45) is 22.7 Å². The number of aryl methyl sites for hydroxylation is 4. The van der Waals surface area contributed by atoms with Crippen LogP contribution in [-0.2, 0) is 5.41 Å². The number of ether oxygens (including phenoxy) is 1. The molecule has 0 saturated carbocycles. The lowest BCUT2D eigenvalue weighted by atomic mass is 9.73. The van der Waals surface area contributed by atoms with Crippen molar-refractivity contribution < 1.29 is 4.74 Å². The van der Waals surface area contributed by atoms with Gasteiger partial charge in [0.15, 0.2) is 0 Å². The molecule has 9 rings (SSSR count). The first-order chi connectivity index (χ1) is 28.1. The van der Waals surface area contributed by atoms with Gasteiger partial charge < -0.3 is 9.64 Å². The highest BCUT2D eigenvalue weighted by atomic mass is 16.5. The van der Waals surface area contributed by atoms with Crippen LogP contribution < -0.4 is 9.64 Å². The third-order valence-electron chi connectivity index (χ3n) is 13.5. The number of anilines is 1. The Morgan fingerprint density at radius 2 is 1.34 bits per heavy atom. The average molecular weight is 779 g/mol. The van der Waals surface area contributed by atoms with Gasteiger partial charge in [0, 0.05) is 45.3 Å². The second-order valence-corrected chi connectivity index (χ2v) is 19.1. The van der Waals surface area contributed by atoms with Gasteiger partial charge in [-0.1, -0.05) is 108 Å². The van der Waals surface area contributed by atoms with Crippen molar-refractivity contribution in [3.05, 3.63) is 148 Å². The molecule has 59 heavy (non-hydrogen) atoms. The van der Waals surface area contributed by atoms with Crippen LogP contribution in [0, 0.1) is 45.4 Å². The number of aliphatic imine (C=N–C) groups is 1. The number of benzene rings is 5. The molecule has 4 heterocycles. The molecule has 0 unspecified atom stereocenters. The van der Waals surface area contributed by atoms with Gasteiger partial charge in [-0.25, -0.2) is 4.98 Å². The maximum atomic E-state index is 7.16. The highest BCUT2D eigenvalue weighted by Gasteiger charge is 2.50. The number of fused-ring (bicyclic) bond motifs is 5. The number of rotatable bonds is 8. The smallest absolute Gasteiger partial charge is 0.141 e. The van der Waals surface area contributed by atoms with E-state index in [4.69, 9.17) is 14.7 Å². The van der Waals surface area contributed by atoms with E-state index in [0.717, 1.165) is 50.9 Å². The minimum atomic E-state index is -0.286. The van der Waals surface area contributed by atoms with Crippen molar-refractivity contribution in [3.63, 3.8) is 0 Å². The van der Waals surface area contributed by atoms with Gasteiger partial charge >= 0.3 is 0 Å². The number of aromatic nitrogens is 2. The van der Waals surface area contributed by atoms with Crippen molar-refractivity contribution in [1.82, 2.24) is 9.55 Å². The predicted molar refractivity (Wildman–Crippen MR) is 248 cm³/mol. The molecule has 300 valence electrons. The van der Waals surface area contributed by atoms with Crippen LogP contribution in [0.3, 0.4) is 0 Å². The molecular formula is C54H58N4O. The van der Waals surface area contributed by atoms with Crippen molar-refractivity contribution in [1.29, 1.82) is 0 Å². The van der Waals surface area contributed by atoms with E-state index in [2.05, 4.69) is 196 Å². The van der Waals surface area contributed by atoms with Crippen LogP contribution in [0.15, 0.2) is 114 Å². The van der Waals surface area contributed by atoms with E-state index in [9.17, 15) is 0 Å². The molecule has 0 bridgehead atoms. The van der Waals surface area contributed by atoms with E-state index < -0.39 is 0 Å². The Balaban J connectivity index is 1.26. The van der Waals surface area contributed by atoms with Crippen LogP contribution in [0.25, 0.3) is 38.8 Å². The fourth-order valence-corrected chi connectivity index (χ4v) is 10.7. The zero-order valence-electron chi connectivity index (χ0n) is 36.9. The van der Waals surface area contributed by atoms with Gasteiger partial charge in [0.25, 0.3) is 0 Å². The van der Waals surface area contributed by atoms with Crippen molar-refractivity contribution in [2.75, 3.05) is 4.90 Å². The Bertz CT molecular complexity index is 2790. The minimum Gasteiger partial charge on any atom is -0.457 e. The van der Waals surface area contributed by atoms with Crippen molar-refractivity contribution in [2.45, 2.75) is 100 Å². The zero-order valence-corrected chi connectivity index (χ0v) is 36.9. The van der Waals surface area contributed by atoms with E-state index >= 15 is 0 Å². The largest absolute Gasteiger partial charge is 0.457 e. The molecular weight excluding hydrogens is 721 g/mol. The highest BCUT2D eigenvalue weighted by molar-refractivity contribution is 6.14. The van der Waals surface area contributed by atoms with E-state index in [0.29, 0.717) is 17.8 Å². The molecule has 0 amide bonds. The van der Waals surface area contributed by atoms with E-state index in [-0.39, 0.29) is 17.0 Å². The topological polar surface area (TPSA) is 42.6 Å². The molecule has 5 heteroatoms. The lowest BCUT2D eigenvalue weighted by molar-refractivity contribution is 0.196. The maximum Gasteiger partial charge on any atom is 0.141 e. The lowest BCUT2D eigenvalue weighted by Gasteiger charge is -2.43. The molecule has 0 radical (unpaired) electrons. The molecule has 7 aromatic rings. The first-order valence-electron chi connectivity index (χ1n) is 21.5. The first kappa shape index (κ1) is 38.8. The molecule has 0 N–H and O–H groups in total. The summed E-state index contributed by atoms with van der Waals surface area (Å²) in [6.07, 6.45) is 1.91. The van der Waals surface area contributed by atoms with Gasteiger partial charge in [0.05, 0.1) is 22.6 Å². The molecule has 2 aromatic heterocycles. The third-order valence-corrected chi connectivity index (χ3v) is 13.5. The molecule has 0 spiro atoms. The third kappa shape index (κ3) is 6.10. The number of hydrogen-bond donors (Lipinski definition) is 0. The van der Waals surface area contributed by atoms with Crippen LogP contribution >= 0.6 is 0 Å². The summed E-state index contributed by atoms with van der Waals surface area (Å²) in [6.45, 7) is 27.7. The summed E-state index contributed by atoms with van der Waals surface area (Å²) in [5.41, 5.74) is 13.8. The van der Waals surface area contributed by atoms with Gasteiger partial charge in [0.2, 0.25) is 0 Å². The average Bonchev–Trinajstić information content (AvgIpc) is 3.63. The van der Waals surface area contributed by atoms with Gasteiger partial charge in [-0.15, -0.1) is 0 Å². The maximum absolute atomic E-state index is 7.16. The second kappa shape index (κ2) is 14.0. The van der Waals surface area contributed by atoms with Gasteiger partial charge in [0.1, 0.15) is 23.2 Å². The van der Waals surface area contributed by atoms with Crippen LogP contribution in [-0.4, -0.2) is 27.0 Å². The van der Waals surface area contributed by atoms with Crippen LogP contribution in [0.4, 0.5) is 5.69 Å². The SMILES string of the molecule is Cc1cc2c3c(c1)c1cc(C)c(Oc4cc(C5=N[C@H](C(C(C)C)C(C)C)C(C)(C)N5c5c(C)cccc5C)cc(-c5ccccc5)c4)cc1n3-c1ncccc1C2(C)C. The Hall–Kier alpha value is -5.68. The normalized spacial score (nSPS) is 16.8. The molecule has 2 aliphatic rings. The number of hydrogen-bond acceptors (Lipinski definition) is 4. The Morgan fingerprint density at radius 1 is 0.644 bits per heavy atom. The van der Waals surface area contributed by atoms with E-state index in [1.807, 2.05) is 6.20 Å². The first-order valence-corrected chi connectivity index (χ1v) is 21.5. The molecule has 2 aliphatic heterocycles. The molecule has 1 atom stereocenters. The number of para-hydroxylation sites is 1. The summed E-state index contributed by atoms with van der Waals surface area (Å²) < 4.78 is 9.53. The standard InChI is InChI=1S/C54H58N4O/c1-31(2)47(32(3)4)50-54(11,12)58(48-34(6)18-16-19-35(48)7)51(56-50)39-27-38(37-20-14-13-15-21-37)28-40(29-39)59-46-30-45-41(26-36(46)8)42-24-33(5)25-44-49(42)57(45)52-43(53(44,9)10)22-17-23-55-52/h13-32,47,50H,1-12H3/t50-/m1/s1. The Labute approximate surface area is 350 Å². The van der Waals surface area contributed by atoms with Crippen molar-refractivity contribution >= 4 is 33.3 Å². The zero-order chi connectivity index (χ0) is 41.7. The molecule has 0 saturated heterocycles. The van der Waals surface area contributed by atoms with E-state index in [1.54, 1.807) is 0 Å². The highest BCUT2D eigenvalue weighted by Crippen LogP contribution is 2.49. The Morgan fingerprint density at radius 3 is 2.03 bits per heavy atom. The quantitative estimate of drug-likeness (QED) is 0.154. The fourth-order valence-electron chi connectivity index (χ4n) is 10.7. The number of nitrogens with zero attached hydrogens (tertiary/aromatic N) is 4. The fraction of sp³-hybridized carbons (Fsp3) is 0.333. The molecule has 5 nitrogen and oxygen atoms in total.